The lowest BCUT2D eigenvalue weighted by Crippen LogP contribution is -2.42. The fourth-order valence-electron chi connectivity index (χ4n) is 2.62. The average molecular weight is 308 g/mol. The SMILES string of the molecule is Cn1cc(N2CCCC(Nc3cc(Cl)nc(N)n3)C2)cn1. The van der Waals surface area contributed by atoms with Gasteiger partial charge >= 0.3 is 0 Å². The number of hydrogen-bond acceptors (Lipinski definition) is 6. The van der Waals surface area contributed by atoms with Crippen LogP contribution in [-0.4, -0.2) is 38.9 Å². The van der Waals surface area contributed by atoms with E-state index in [4.69, 9.17) is 17.3 Å². The first-order valence-corrected chi connectivity index (χ1v) is 7.28. The number of nitrogen functional groups attached to an aromatic ring is 1. The summed E-state index contributed by atoms with van der Waals surface area (Å²) in [6.45, 7) is 1.93. The quantitative estimate of drug-likeness (QED) is 0.837. The number of nitrogens with two attached hydrogens (primary N) is 1. The molecule has 1 saturated heterocycles. The predicted octanol–water partition coefficient (Wildman–Crippen LogP) is 1.53. The van der Waals surface area contributed by atoms with Gasteiger partial charge in [0.1, 0.15) is 11.0 Å². The molecule has 1 fully saturated rings. The number of aromatic nitrogens is 4. The van der Waals surface area contributed by atoms with Crippen molar-refractivity contribution < 1.29 is 0 Å². The maximum atomic E-state index is 5.90. The van der Waals surface area contributed by atoms with Crippen LogP contribution >= 0.6 is 11.6 Å². The van der Waals surface area contributed by atoms with Gasteiger partial charge in [0, 0.05) is 38.4 Å². The van der Waals surface area contributed by atoms with Crippen molar-refractivity contribution in [3.8, 4) is 0 Å². The van der Waals surface area contributed by atoms with Crippen LogP contribution in [0.15, 0.2) is 18.5 Å². The van der Waals surface area contributed by atoms with Crippen LogP contribution in [0.1, 0.15) is 12.8 Å². The molecule has 112 valence electrons. The van der Waals surface area contributed by atoms with Gasteiger partial charge in [-0.2, -0.15) is 10.1 Å². The molecule has 1 atom stereocenters. The van der Waals surface area contributed by atoms with Gasteiger partial charge in [-0.25, -0.2) is 4.98 Å². The third-order valence-electron chi connectivity index (χ3n) is 3.54. The minimum absolute atomic E-state index is 0.185. The van der Waals surface area contributed by atoms with Gasteiger partial charge in [-0.05, 0) is 12.8 Å². The Hall–Kier alpha value is -2.02. The highest BCUT2D eigenvalue weighted by molar-refractivity contribution is 6.29. The molecule has 0 saturated carbocycles. The number of aryl methyl sites for hydroxylation is 1. The first-order valence-electron chi connectivity index (χ1n) is 6.90. The van der Waals surface area contributed by atoms with Crippen molar-refractivity contribution in [2.45, 2.75) is 18.9 Å². The fourth-order valence-corrected chi connectivity index (χ4v) is 2.81. The summed E-state index contributed by atoms with van der Waals surface area (Å²) in [6.07, 6.45) is 6.11. The van der Waals surface area contributed by atoms with E-state index < -0.39 is 0 Å². The van der Waals surface area contributed by atoms with Crippen molar-refractivity contribution in [1.82, 2.24) is 19.7 Å². The first-order chi connectivity index (χ1) is 10.1. The summed E-state index contributed by atoms with van der Waals surface area (Å²) in [5, 5.41) is 7.96. The van der Waals surface area contributed by atoms with Crippen LogP contribution < -0.4 is 16.0 Å². The molecule has 3 rings (SSSR count). The second-order valence-corrected chi connectivity index (χ2v) is 5.62. The smallest absolute Gasteiger partial charge is 0.223 e. The molecule has 0 spiro atoms. The van der Waals surface area contributed by atoms with Gasteiger partial charge in [-0.3, -0.25) is 4.68 Å². The Labute approximate surface area is 128 Å². The van der Waals surface area contributed by atoms with Crippen molar-refractivity contribution in [3.63, 3.8) is 0 Å². The van der Waals surface area contributed by atoms with Gasteiger partial charge in [0.05, 0.1) is 11.9 Å². The van der Waals surface area contributed by atoms with Crippen LogP contribution in [-0.2, 0) is 7.05 Å². The van der Waals surface area contributed by atoms with Crippen LogP contribution in [0.2, 0.25) is 5.15 Å². The van der Waals surface area contributed by atoms with Crippen LogP contribution in [0.5, 0.6) is 0 Å². The molecule has 7 nitrogen and oxygen atoms in total. The van der Waals surface area contributed by atoms with E-state index in [0.717, 1.165) is 31.6 Å². The summed E-state index contributed by atoms with van der Waals surface area (Å²) in [7, 11) is 1.93. The van der Waals surface area contributed by atoms with Crippen molar-refractivity contribution >= 4 is 29.1 Å². The van der Waals surface area contributed by atoms with Crippen molar-refractivity contribution in [2.24, 2.45) is 7.05 Å². The Balaban J connectivity index is 1.68. The average Bonchev–Trinajstić information content (AvgIpc) is 2.84. The summed E-state index contributed by atoms with van der Waals surface area (Å²) >= 11 is 5.90. The summed E-state index contributed by atoms with van der Waals surface area (Å²) < 4.78 is 1.82. The molecule has 0 bridgehead atoms. The van der Waals surface area contributed by atoms with Gasteiger partial charge in [-0.15, -0.1) is 0 Å². The monoisotopic (exact) mass is 307 g/mol. The second-order valence-electron chi connectivity index (χ2n) is 5.24. The summed E-state index contributed by atoms with van der Waals surface area (Å²) in [4.78, 5) is 10.3. The van der Waals surface area contributed by atoms with E-state index in [2.05, 4.69) is 25.3 Å². The standard InChI is InChI=1S/C13H18ClN7/c1-20-8-10(6-16-20)21-4-2-3-9(7-21)17-12-5-11(14)18-13(15)19-12/h5-6,8-9H,2-4,7H2,1H3,(H3,15,17,18,19). The number of anilines is 3. The molecular weight excluding hydrogens is 290 g/mol. The zero-order chi connectivity index (χ0) is 14.8. The minimum Gasteiger partial charge on any atom is -0.368 e. The van der Waals surface area contributed by atoms with E-state index >= 15 is 0 Å². The third-order valence-corrected chi connectivity index (χ3v) is 3.74. The largest absolute Gasteiger partial charge is 0.368 e. The third kappa shape index (κ3) is 3.36. The molecule has 1 aliphatic rings. The molecule has 2 aromatic rings. The highest BCUT2D eigenvalue weighted by Gasteiger charge is 2.21. The fraction of sp³-hybridized carbons (Fsp3) is 0.462. The van der Waals surface area contributed by atoms with Gasteiger partial charge in [0.25, 0.3) is 0 Å². The number of nitrogens with one attached hydrogen (secondary N) is 1. The van der Waals surface area contributed by atoms with E-state index in [0.29, 0.717) is 17.0 Å². The molecule has 2 aromatic heterocycles. The van der Waals surface area contributed by atoms with Gasteiger partial charge in [-0.1, -0.05) is 11.6 Å². The van der Waals surface area contributed by atoms with Gasteiger partial charge in [0.2, 0.25) is 5.95 Å². The van der Waals surface area contributed by atoms with E-state index in [1.807, 2.05) is 24.1 Å². The number of nitrogens with zero attached hydrogens (tertiary/aromatic N) is 5. The molecule has 0 radical (unpaired) electrons. The number of rotatable bonds is 3. The molecule has 1 unspecified atom stereocenters. The molecule has 1 aliphatic heterocycles. The van der Waals surface area contributed by atoms with E-state index in [9.17, 15) is 0 Å². The lowest BCUT2D eigenvalue weighted by atomic mass is 10.1. The zero-order valence-corrected chi connectivity index (χ0v) is 12.6. The molecule has 0 aliphatic carbocycles. The summed E-state index contributed by atoms with van der Waals surface area (Å²) in [5.74, 6) is 0.857. The molecular formula is C13H18ClN7. The number of halogens is 1. The summed E-state index contributed by atoms with van der Waals surface area (Å²) in [6, 6.07) is 1.99. The Bertz CT molecular complexity index is 606. The molecule has 0 amide bonds. The van der Waals surface area contributed by atoms with Crippen molar-refractivity contribution in [2.75, 3.05) is 29.0 Å². The molecule has 8 heteroatoms. The maximum absolute atomic E-state index is 5.90. The number of piperidine rings is 1. The maximum Gasteiger partial charge on any atom is 0.223 e. The van der Waals surface area contributed by atoms with Crippen LogP contribution in [0.25, 0.3) is 0 Å². The van der Waals surface area contributed by atoms with Crippen molar-refractivity contribution in [3.05, 3.63) is 23.6 Å². The molecule has 0 aromatic carbocycles. The predicted molar refractivity (Wildman–Crippen MR) is 83.5 cm³/mol. The highest BCUT2D eigenvalue weighted by atomic mass is 35.5. The topological polar surface area (TPSA) is 84.9 Å². The summed E-state index contributed by atoms with van der Waals surface area (Å²) in [5.41, 5.74) is 6.76. The molecule has 21 heavy (non-hydrogen) atoms. The van der Waals surface area contributed by atoms with Crippen LogP contribution in [0.3, 0.4) is 0 Å². The van der Waals surface area contributed by atoms with Gasteiger partial charge in [0.15, 0.2) is 0 Å². The Morgan fingerprint density at radius 1 is 1.43 bits per heavy atom. The molecule has 3 heterocycles. The van der Waals surface area contributed by atoms with Crippen molar-refractivity contribution in [1.29, 1.82) is 0 Å². The van der Waals surface area contributed by atoms with Crippen LogP contribution in [0.4, 0.5) is 17.5 Å². The zero-order valence-electron chi connectivity index (χ0n) is 11.8. The minimum atomic E-state index is 0.185. The Kier molecular flexibility index (Phi) is 3.83. The second kappa shape index (κ2) is 5.77. The van der Waals surface area contributed by atoms with E-state index in [1.54, 1.807) is 6.07 Å². The van der Waals surface area contributed by atoms with Gasteiger partial charge < -0.3 is 16.0 Å². The molecule has 3 N–H and O–H groups in total. The lowest BCUT2D eigenvalue weighted by Gasteiger charge is -2.34. The van der Waals surface area contributed by atoms with E-state index in [1.165, 1.54) is 0 Å². The Morgan fingerprint density at radius 2 is 2.29 bits per heavy atom. The normalized spacial score (nSPS) is 18.8. The highest BCUT2D eigenvalue weighted by Crippen LogP contribution is 2.21. The lowest BCUT2D eigenvalue weighted by molar-refractivity contribution is 0.529. The van der Waals surface area contributed by atoms with E-state index in [-0.39, 0.29) is 5.95 Å². The van der Waals surface area contributed by atoms with Crippen LogP contribution in [0, 0.1) is 0 Å². The number of hydrogen-bond donors (Lipinski definition) is 2. The first kappa shape index (κ1) is 13.9. The Morgan fingerprint density at radius 3 is 3.00 bits per heavy atom.